The van der Waals surface area contributed by atoms with E-state index in [1.54, 1.807) is 35.4 Å². The summed E-state index contributed by atoms with van der Waals surface area (Å²) >= 11 is 5.94. The molecular weight excluding hydrogens is 372 g/mol. The lowest BCUT2D eigenvalue weighted by Gasteiger charge is -2.06. The zero-order chi connectivity index (χ0) is 19.3. The lowest BCUT2D eigenvalue weighted by atomic mass is 10.1. The van der Waals surface area contributed by atoms with Crippen molar-refractivity contribution in [3.63, 3.8) is 0 Å². The van der Waals surface area contributed by atoms with E-state index in [-0.39, 0.29) is 5.91 Å². The Morgan fingerprint density at radius 1 is 0.964 bits per heavy atom. The van der Waals surface area contributed by atoms with Crippen LogP contribution in [0, 0.1) is 0 Å². The maximum absolute atomic E-state index is 12.3. The molecule has 2 aromatic heterocycles. The molecule has 0 aliphatic rings. The van der Waals surface area contributed by atoms with Crippen LogP contribution in [0.1, 0.15) is 15.9 Å². The van der Waals surface area contributed by atoms with E-state index in [1.165, 1.54) is 0 Å². The Balaban J connectivity index is 1.44. The van der Waals surface area contributed by atoms with E-state index >= 15 is 0 Å². The fourth-order valence-electron chi connectivity index (χ4n) is 2.81. The third kappa shape index (κ3) is 4.10. The number of halogens is 1. The molecule has 0 aliphatic heterocycles. The first-order valence-corrected chi connectivity index (χ1v) is 9.15. The van der Waals surface area contributed by atoms with Crippen LogP contribution in [0.25, 0.3) is 16.8 Å². The van der Waals surface area contributed by atoms with Crippen molar-refractivity contribution in [1.29, 1.82) is 0 Å². The number of carbonyl (C=O) groups excluding carboxylic acids is 1. The highest BCUT2D eigenvalue weighted by Gasteiger charge is 2.07. The quantitative estimate of drug-likeness (QED) is 0.547. The van der Waals surface area contributed by atoms with Gasteiger partial charge in [0.05, 0.1) is 11.9 Å². The van der Waals surface area contributed by atoms with Gasteiger partial charge in [0.1, 0.15) is 0 Å². The van der Waals surface area contributed by atoms with E-state index in [4.69, 9.17) is 11.6 Å². The van der Waals surface area contributed by atoms with Crippen LogP contribution in [0.5, 0.6) is 0 Å². The topological polar surface area (TPSA) is 59.8 Å². The summed E-state index contributed by atoms with van der Waals surface area (Å²) in [5, 5.41) is 8.01. The van der Waals surface area contributed by atoms with E-state index in [0.717, 1.165) is 22.4 Å². The molecule has 0 spiro atoms. The summed E-state index contributed by atoms with van der Waals surface area (Å²) in [6.07, 6.45) is 7.19. The summed E-state index contributed by atoms with van der Waals surface area (Å²) in [5.74, 6) is -0.127. The Morgan fingerprint density at radius 2 is 1.75 bits per heavy atom. The van der Waals surface area contributed by atoms with Gasteiger partial charge in [0.15, 0.2) is 0 Å². The second kappa shape index (κ2) is 8.06. The van der Waals surface area contributed by atoms with Gasteiger partial charge >= 0.3 is 0 Å². The lowest BCUT2D eigenvalue weighted by Crippen LogP contribution is -2.22. The molecule has 1 N–H and O–H groups in total. The van der Waals surface area contributed by atoms with Gasteiger partial charge in [0.25, 0.3) is 5.91 Å². The molecule has 0 saturated heterocycles. The molecule has 28 heavy (non-hydrogen) atoms. The minimum absolute atomic E-state index is 0.127. The molecule has 0 radical (unpaired) electrons. The summed E-state index contributed by atoms with van der Waals surface area (Å²) in [6.45, 7) is 0.442. The van der Waals surface area contributed by atoms with Gasteiger partial charge in [-0.25, -0.2) is 4.68 Å². The predicted molar refractivity (Wildman–Crippen MR) is 109 cm³/mol. The fraction of sp³-hybridized carbons (Fsp3) is 0.0455. The van der Waals surface area contributed by atoms with Gasteiger partial charge in [-0.1, -0.05) is 29.8 Å². The highest BCUT2D eigenvalue weighted by molar-refractivity contribution is 6.30. The monoisotopic (exact) mass is 388 g/mol. The first-order valence-electron chi connectivity index (χ1n) is 8.77. The molecule has 2 heterocycles. The number of rotatable bonds is 5. The van der Waals surface area contributed by atoms with Crippen LogP contribution in [-0.4, -0.2) is 20.7 Å². The maximum Gasteiger partial charge on any atom is 0.251 e. The number of pyridine rings is 1. The van der Waals surface area contributed by atoms with Crippen molar-refractivity contribution in [3.05, 3.63) is 102 Å². The van der Waals surface area contributed by atoms with E-state index in [9.17, 15) is 4.79 Å². The Bertz CT molecular complexity index is 1070. The molecule has 5 nitrogen and oxygen atoms in total. The number of aromatic nitrogens is 3. The number of nitrogens with zero attached hydrogens (tertiary/aromatic N) is 3. The Hall–Kier alpha value is -3.44. The van der Waals surface area contributed by atoms with Gasteiger partial charge < -0.3 is 5.32 Å². The Labute approximate surface area is 167 Å². The second-order valence-corrected chi connectivity index (χ2v) is 6.71. The first-order chi connectivity index (χ1) is 13.7. The van der Waals surface area contributed by atoms with Gasteiger partial charge in [0, 0.05) is 41.3 Å². The third-order valence-electron chi connectivity index (χ3n) is 4.33. The molecule has 4 aromatic rings. The van der Waals surface area contributed by atoms with Crippen LogP contribution in [0.2, 0.25) is 5.02 Å². The van der Waals surface area contributed by atoms with Gasteiger partial charge in [-0.15, -0.1) is 0 Å². The summed E-state index contributed by atoms with van der Waals surface area (Å²) in [4.78, 5) is 16.4. The zero-order valence-corrected chi connectivity index (χ0v) is 15.7. The van der Waals surface area contributed by atoms with Gasteiger partial charge in [0.2, 0.25) is 0 Å². The van der Waals surface area contributed by atoms with Crippen LogP contribution < -0.4 is 5.32 Å². The maximum atomic E-state index is 12.3. The first kappa shape index (κ1) is 17.9. The SMILES string of the molecule is O=C(NCc1cccnc1)c1ccc(-n2cc(-c3ccc(Cl)cc3)cn2)cc1. The molecular formula is C22H17ClN4O. The van der Waals surface area contributed by atoms with Crippen LogP contribution in [-0.2, 0) is 6.54 Å². The highest BCUT2D eigenvalue weighted by atomic mass is 35.5. The molecule has 0 bridgehead atoms. The minimum Gasteiger partial charge on any atom is -0.348 e. The summed E-state index contributed by atoms with van der Waals surface area (Å²) in [5.41, 5.74) is 4.47. The Kier molecular flexibility index (Phi) is 5.17. The average molecular weight is 389 g/mol. The molecule has 0 unspecified atom stereocenters. The van der Waals surface area contributed by atoms with Crippen molar-refractivity contribution in [3.8, 4) is 16.8 Å². The molecule has 4 rings (SSSR count). The molecule has 0 atom stereocenters. The van der Waals surface area contributed by atoms with Crippen LogP contribution in [0.3, 0.4) is 0 Å². The normalized spacial score (nSPS) is 10.6. The predicted octanol–water partition coefficient (Wildman–Crippen LogP) is 4.52. The molecule has 0 saturated carbocycles. The van der Waals surface area contributed by atoms with Crippen molar-refractivity contribution in [2.75, 3.05) is 0 Å². The van der Waals surface area contributed by atoms with Crippen molar-refractivity contribution < 1.29 is 4.79 Å². The molecule has 6 heteroatoms. The second-order valence-electron chi connectivity index (χ2n) is 6.27. The minimum atomic E-state index is -0.127. The molecule has 1 amide bonds. The van der Waals surface area contributed by atoms with Gasteiger partial charge in [-0.2, -0.15) is 5.10 Å². The van der Waals surface area contributed by atoms with Crippen molar-refractivity contribution in [1.82, 2.24) is 20.1 Å². The number of hydrogen-bond acceptors (Lipinski definition) is 3. The standard InChI is InChI=1S/C22H17ClN4O/c23-20-7-3-17(4-8-20)19-14-26-27(15-19)21-9-5-18(6-10-21)22(28)25-13-16-2-1-11-24-12-16/h1-12,14-15H,13H2,(H,25,28). The molecule has 138 valence electrons. The summed E-state index contributed by atoms with van der Waals surface area (Å²) in [7, 11) is 0. The summed E-state index contributed by atoms with van der Waals surface area (Å²) < 4.78 is 1.78. The van der Waals surface area contributed by atoms with E-state index in [2.05, 4.69) is 15.4 Å². The van der Waals surface area contributed by atoms with Crippen molar-refractivity contribution in [2.45, 2.75) is 6.54 Å². The Morgan fingerprint density at radius 3 is 2.46 bits per heavy atom. The van der Waals surface area contributed by atoms with Crippen molar-refractivity contribution >= 4 is 17.5 Å². The highest BCUT2D eigenvalue weighted by Crippen LogP contribution is 2.22. The molecule has 0 fully saturated rings. The summed E-state index contributed by atoms with van der Waals surface area (Å²) in [6, 6.07) is 18.7. The van der Waals surface area contributed by atoms with Gasteiger partial charge in [-0.05, 0) is 53.6 Å². The largest absolute Gasteiger partial charge is 0.348 e. The van der Waals surface area contributed by atoms with Crippen molar-refractivity contribution in [2.24, 2.45) is 0 Å². The fourth-order valence-corrected chi connectivity index (χ4v) is 2.93. The number of hydrogen-bond donors (Lipinski definition) is 1. The number of carbonyl (C=O) groups is 1. The van der Waals surface area contributed by atoms with Crippen LogP contribution in [0.4, 0.5) is 0 Å². The van der Waals surface area contributed by atoms with Gasteiger partial charge in [-0.3, -0.25) is 9.78 Å². The smallest absolute Gasteiger partial charge is 0.251 e. The average Bonchev–Trinajstić information content (AvgIpc) is 3.24. The number of amides is 1. The third-order valence-corrected chi connectivity index (χ3v) is 4.58. The van der Waals surface area contributed by atoms with E-state index < -0.39 is 0 Å². The molecule has 0 aliphatic carbocycles. The van der Waals surface area contributed by atoms with E-state index in [1.807, 2.05) is 54.7 Å². The van der Waals surface area contributed by atoms with Crippen LogP contribution in [0.15, 0.2) is 85.5 Å². The molecule has 2 aromatic carbocycles. The lowest BCUT2D eigenvalue weighted by molar-refractivity contribution is 0.0951. The number of benzene rings is 2. The zero-order valence-electron chi connectivity index (χ0n) is 14.9. The number of nitrogens with one attached hydrogen (secondary N) is 1. The van der Waals surface area contributed by atoms with E-state index in [0.29, 0.717) is 17.1 Å². The van der Waals surface area contributed by atoms with Crippen LogP contribution >= 0.6 is 11.6 Å².